The van der Waals surface area contributed by atoms with Crippen LogP contribution in [0, 0.1) is 5.82 Å². The molecule has 0 aliphatic heterocycles. The summed E-state index contributed by atoms with van der Waals surface area (Å²) in [5.74, 6) is 0.197. The van der Waals surface area contributed by atoms with E-state index in [0.29, 0.717) is 43.2 Å². The lowest BCUT2D eigenvalue weighted by atomic mass is 10.3. The molecule has 0 saturated heterocycles. The number of fused-ring (bicyclic) bond motifs is 1. The topological polar surface area (TPSA) is 36.3 Å². The van der Waals surface area contributed by atoms with Crippen molar-refractivity contribution in [1.82, 2.24) is 9.55 Å². The zero-order chi connectivity index (χ0) is 15.4. The second-order valence-corrected chi connectivity index (χ2v) is 5.66. The third-order valence-electron chi connectivity index (χ3n) is 3.07. The van der Waals surface area contributed by atoms with Gasteiger partial charge in [-0.25, -0.2) is 9.37 Å². The lowest BCUT2D eigenvalue weighted by Crippen LogP contribution is -2.12. The van der Waals surface area contributed by atoms with Crippen LogP contribution in [-0.2, 0) is 16.0 Å². The molecule has 0 bridgehead atoms. The zero-order valence-electron chi connectivity index (χ0n) is 11.9. The summed E-state index contributed by atoms with van der Waals surface area (Å²) in [6, 6.07) is 2.89. The molecule has 21 heavy (non-hydrogen) atoms. The molecule has 7 heteroatoms. The molecule has 0 aliphatic rings. The van der Waals surface area contributed by atoms with Gasteiger partial charge in [-0.05, 0) is 13.0 Å². The summed E-state index contributed by atoms with van der Waals surface area (Å²) in [4.78, 5) is 4.43. The standard InChI is InChI=1S/C14H17Cl2FN2O2/c1-9(15)14-18-12-7-10(16)11(17)8-13(12)19(14)3-4-21-6-5-20-2/h7-9H,3-6H2,1-2H3. The Morgan fingerprint density at radius 3 is 2.76 bits per heavy atom. The summed E-state index contributed by atoms with van der Waals surface area (Å²) in [5.41, 5.74) is 1.29. The number of rotatable bonds is 7. The fourth-order valence-corrected chi connectivity index (χ4v) is 2.40. The van der Waals surface area contributed by atoms with Crippen molar-refractivity contribution >= 4 is 34.2 Å². The zero-order valence-corrected chi connectivity index (χ0v) is 13.4. The van der Waals surface area contributed by atoms with Crippen molar-refractivity contribution in [2.75, 3.05) is 26.9 Å². The minimum absolute atomic E-state index is 0.0530. The summed E-state index contributed by atoms with van der Waals surface area (Å²) in [6.45, 7) is 3.87. The van der Waals surface area contributed by atoms with E-state index in [-0.39, 0.29) is 10.4 Å². The Labute approximate surface area is 132 Å². The first-order valence-electron chi connectivity index (χ1n) is 6.60. The largest absolute Gasteiger partial charge is 0.382 e. The van der Waals surface area contributed by atoms with Crippen molar-refractivity contribution < 1.29 is 13.9 Å². The molecule has 1 unspecified atom stereocenters. The average molecular weight is 335 g/mol. The molecule has 0 spiro atoms. The van der Waals surface area contributed by atoms with E-state index in [1.54, 1.807) is 7.11 Å². The van der Waals surface area contributed by atoms with E-state index in [1.165, 1.54) is 12.1 Å². The maximum absolute atomic E-state index is 13.7. The molecule has 0 saturated carbocycles. The van der Waals surface area contributed by atoms with E-state index in [4.69, 9.17) is 32.7 Å². The molecule has 1 aromatic carbocycles. The Morgan fingerprint density at radius 1 is 1.33 bits per heavy atom. The van der Waals surface area contributed by atoms with Gasteiger partial charge in [-0.1, -0.05) is 11.6 Å². The predicted molar refractivity (Wildman–Crippen MR) is 81.7 cm³/mol. The van der Waals surface area contributed by atoms with E-state index in [1.807, 2.05) is 11.5 Å². The van der Waals surface area contributed by atoms with Gasteiger partial charge in [-0.2, -0.15) is 0 Å². The smallest absolute Gasteiger partial charge is 0.144 e. The molecular weight excluding hydrogens is 318 g/mol. The molecule has 2 aromatic rings. The number of imidazole rings is 1. The van der Waals surface area contributed by atoms with Crippen LogP contribution in [0.3, 0.4) is 0 Å². The minimum atomic E-state index is -0.473. The second kappa shape index (κ2) is 7.40. The van der Waals surface area contributed by atoms with Gasteiger partial charge in [-0.3, -0.25) is 0 Å². The highest BCUT2D eigenvalue weighted by atomic mass is 35.5. The van der Waals surface area contributed by atoms with Gasteiger partial charge in [0, 0.05) is 19.7 Å². The summed E-state index contributed by atoms with van der Waals surface area (Å²) in [6.07, 6.45) is 0. The number of benzene rings is 1. The van der Waals surface area contributed by atoms with Crippen molar-refractivity contribution in [3.8, 4) is 0 Å². The summed E-state index contributed by atoms with van der Waals surface area (Å²) in [5, 5.41) is -0.240. The van der Waals surface area contributed by atoms with E-state index >= 15 is 0 Å². The number of hydrogen-bond acceptors (Lipinski definition) is 3. The summed E-state index contributed by atoms with van der Waals surface area (Å²) >= 11 is 11.9. The predicted octanol–water partition coefficient (Wildman–Crippen LogP) is 3.79. The molecular formula is C14H17Cl2FN2O2. The molecule has 1 atom stereocenters. The van der Waals surface area contributed by atoms with Crippen LogP contribution in [-0.4, -0.2) is 36.5 Å². The Morgan fingerprint density at radius 2 is 2.10 bits per heavy atom. The number of hydrogen-bond donors (Lipinski definition) is 0. The number of halogens is 3. The van der Waals surface area contributed by atoms with Gasteiger partial charge in [0.05, 0.1) is 41.3 Å². The maximum Gasteiger partial charge on any atom is 0.144 e. The highest BCUT2D eigenvalue weighted by molar-refractivity contribution is 6.31. The maximum atomic E-state index is 13.7. The van der Waals surface area contributed by atoms with Crippen molar-refractivity contribution in [2.24, 2.45) is 0 Å². The average Bonchev–Trinajstić information content (AvgIpc) is 2.77. The number of nitrogens with zero attached hydrogens (tertiary/aromatic N) is 2. The number of aromatic nitrogens is 2. The Bertz CT molecular complexity index is 617. The van der Waals surface area contributed by atoms with Crippen LogP contribution in [0.5, 0.6) is 0 Å². The van der Waals surface area contributed by atoms with Crippen LogP contribution in [0.2, 0.25) is 5.02 Å². The fourth-order valence-electron chi connectivity index (χ4n) is 2.08. The Kier molecular flexibility index (Phi) is 5.81. The van der Waals surface area contributed by atoms with E-state index in [0.717, 1.165) is 0 Å². The fraction of sp³-hybridized carbons (Fsp3) is 0.500. The molecule has 4 nitrogen and oxygen atoms in total. The number of alkyl halides is 1. The van der Waals surface area contributed by atoms with Crippen molar-refractivity contribution in [1.29, 1.82) is 0 Å². The Hall–Kier alpha value is -0.880. The highest BCUT2D eigenvalue weighted by Gasteiger charge is 2.16. The van der Waals surface area contributed by atoms with Crippen LogP contribution in [0.1, 0.15) is 18.1 Å². The van der Waals surface area contributed by atoms with Gasteiger partial charge in [0.2, 0.25) is 0 Å². The highest BCUT2D eigenvalue weighted by Crippen LogP contribution is 2.28. The van der Waals surface area contributed by atoms with Crippen LogP contribution in [0.25, 0.3) is 11.0 Å². The molecule has 0 aliphatic carbocycles. The second-order valence-electron chi connectivity index (χ2n) is 4.60. The van der Waals surface area contributed by atoms with E-state index in [9.17, 15) is 4.39 Å². The first kappa shape index (κ1) is 16.5. The molecule has 0 amide bonds. The third-order valence-corrected chi connectivity index (χ3v) is 3.55. The molecule has 0 N–H and O–H groups in total. The van der Waals surface area contributed by atoms with Gasteiger partial charge in [0.25, 0.3) is 0 Å². The van der Waals surface area contributed by atoms with Crippen LogP contribution in [0.15, 0.2) is 12.1 Å². The van der Waals surface area contributed by atoms with E-state index in [2.05, 4.69) is 4.98 Å². The van der Waals surface area contributed by atoms with Crippen LogP contribution in [0.4, 0.5) is 4.39 Å². The van der Waals surface area contributed by atoms with Crippen molar-refractivity contribution in [2.45, 2.75) is 18.8 Å². The molecule has 1 heterocycles. The van der Waals surface area contributed by atoms with Crippen LogP contribution < -0.4 is 0 Å². The molecule has 116 valence electrons. The van der Waals surface area contributed by atoms with Crippen LogP contribution >= 0.6 is 23.2 Å². The van der Waals surface area contributed by atoms with Crippen molar-refractivity contribution in [3.63, 3.8) is 0 Å². The minimum Gasteiger partial charge on any atom is -0.382 e. The quantitative estimate of drug-likeness (QED) is 0.571. The lowest BCUT2D eigenvalue weighted by molar-refractivity contribution is 0.0667. The van der Waals surface area contributed by atoms with Gasteiger partial charge < -0.3 is 14.0 Å². The van der Waals surface area contributed by atoms with Gasteiger partial charge in [0.15, 0.2) is 0 Å². The van der Waals surface area contributed by atoms with E-state index < -0.39 is 5.82 Å². The van der Waals surface area contributed by atoms with Gasteiger partial charge in [0.1, 0.15) is 11.6 Å². The summed E-state index contributed by atoms with van der Waals surface area (Å²) < 4.78 is 25.9. The lowest BCUT2D eigenvalue weighted by Gasteiger charge is -2.11. The van der Waals surface area contributed by atoms with Crippen molar-refractivity contribution in [3.05, 3.63) is 28.8 Å². The molecule has 0 radical (unpaired) electrons. The Balaban J connectivity index is 2.26. The first-order valence-corrected chi connectivity index (χ1v) is 7.42. The molecule has 2 rings (SSSR count). The number of ether oxygens (including phenoxy) is 2. The monoisotopic (exact) mass is 334 g/mol. The molecule has 0 fully saturated rings. The molecule has 1 aromatic heterocycles. The summed E-state index contributed by atoms with van der Waals surface area (Å²) in [7, 11) is 1.62. The first-order chi connectivity index (χ1) is 10.0. The van der Waals surface area contributed by atoms with Gasteiger partial charge in [-0.15, -0.1) is 11.6 Å². The normalized spacial score (nSPS) is 13.0. The van der Waals surface area contributed by atoms with Gasteiger partial charge >= 0.3 is 0 Å². The number of methoxy groups -OCH3 is 1. The third kappa shape index (κ3) is 3.86. The SMILES string of the molecule is COCCOCCn1c(C(C)Cl)nc2cc(Cl)c(F)cc21.